The van der Waals surface area contributed by atoms with Crippen LogP contribution in [0.4, 0.5) is 5.69 Å². The number of hydrogen-bond acceptors (Lipinski definition) is 5. The normalized spacial score (nSPS) is 19.6. The van der Waals surface area contributed by atoms with Crippen LogP contribution in [0.25, 0.3) is 11.1 Å². The highest BCUT2D eigenvalue weighted by Gasteiger charge is 2.38. The summed E-state index contributed by atoms with van der Waals surface area (Å²) in [7, 11) is -0.305. The number of carboxylic acid groups (broad SMARTS) is 1. The van der Waals surface area contributed by atoms with Crippen molar-refractivity contribution in [3.05, 3.63) is 92.5 Å². The van der Waals surface area contributed by atoms with Gasteiger partial charge < -0.3 is 14.7 Å². The van der Waals surface area contributed by atoms with Crippen molar-refractivity contribution in [3.8, 4) is 11.5 Å². The summed E-state index contributed by atoms with van der Waals surface area (Å²) >= 11 is 0. The number of fused-ring (bicyclic) bond motifs is 4. The molecule has 0 saturated heterocycles. The van der Waals surface area contributed by atoms with Crippen molar-refractivity contribution < 1.29 is 27.6 Å². The van der Waals surface area contributed by atoms with E-state index < -0.39 is 27.4 Å². The van der Waals surface area contributed by atoms with Crippen LogP contribution in [-0.4, -0.2) is 55.0 Å². The van der Waals surface area contributed by atoms with E-state index in [4.69, 9.17) is 4.74 Å². The Labute approximate surface area is 277 Å². The molecule has 3 aromatic carbocycles. The molecule has 3 heterocycles. The van der Waals surface area contributed by atoms with E-state index in [2.05, 4.69) is 70.2 Å². The quantitative estimate of drug-likeness (QED) is 0.207. The average molecular weight is 658 g/mol. The van der Waals surface area contributed by atoms with Crippen molar-refractivity contribution in [1.29, 1.82) is 0 Å². The molecule has 0 aliphatic carbocycles. The Morgan fingerprint density at radius 1 is 1.02 bits per heavy atom. The fraction of sp³-hybridized carbons (Fsp3) is 0.421. The van der Waals surface area contributed by atoms with Crippen molar-refractivity contribution in [1.82, 2.24) is 4.58 Å². The van der Waals surface area contributed by atoms with E-state index >= 15 is 0 Å². The average Bonchev–Trinajstić information content (AvgIpc) is 2.94. The molecule has 0 saturated carbocycles. The molecule has 248 valence electrons. The molecule has 8 nitrogen and oxygen atoms in total. The van der Waals surface area contributed by atoms with E-state index in [1.165, 1.54) is 0 Å². The first-order chi connectivity index (χ1) is 21.6. The molecular formula is C38H45N2O6S+. The molecule has 6 rings (SSSR count). The van der Waals surface area contributed by atoms with Gasteiger partial charge in [-0.1, -0.05) is 39.8 Å². The van der Waals surface area contributed by atoms with Crippen LogP contribution >= 0.6 is 0 Å². The zero-order chi connectivity index (χ0) is 34.6. The van der Waals surface area contributed by atoms with Gasteiger partial charge in [0.25, 0.3) is 10.1 Å². The summed E-state index contributed by atoms with van der Waals surface area (Å²) in [4.78, 5) is 15.3. The SMILES string of the molecule is CC1CC(C)(C)N(C)c2cc3c(cc21)C(c1ccc(C(C)(C)C)cc1C(=O)O)=c1cc2c(cc1O3)=[N+](C)C(C)(C)C=C2CS(=O)(=O)O. The van der Waals surface area contributed by atoms with Crippen LogP contribution in [0.15, 0.2) is 48.5 Å². The molecule has 1 unspecified atom stereocenters. The lowest BCUT2D eigenvalue weighted by atomic mass is 9.78. The van der Waals surface area contributed by atoms with Crippen LogP contribution in [-0.2, 0) is 15.5 Å². The third-order valence-electron chi connectivity index (χ3n) is 10.4. The Bertz CT molecular complexity index is 2150. The van der Waals surface area contributed by atoms with E-state index in [0.29, 0.717) is 39.0 Å². The van der Waals surface area contributed by atoms with Gasteiger partial charge >= 0.3 is 5.97 Å². The molecule has 0 amide bonds. The Kier molecular flexibility index (Phi) is 7.38. The Hall–Kier alpha value is -3.95. The molecule has 3 aromatic rings. The van der Waals surface area contributed by atoms with Crippen molar-refractivity contribution >= 4 is 32.9 Å². The summed E-state index contributed by atoms with van der Waals surface area (Å²) in [6, 6.07) is 13.7. The van der Waals surface area contributed by atoms with E-state index in [9.17, 15) is 22.9 Å². The number of ether oxygens (including phenoxy) is 1. The molecule has 9 heteroatoms. The van der Waals surface area contributed by atoms with Gasteiger partial charge in [-0.05, 0) is 78.1 Å². The maximum atomic E-state index is 13.0. The van der Waals surface area contributed by atoms with Gasteiger partial charge in [-0.25, -0.2) is 9.37 Å². The molecule has 0 aromatic heterocycles. The van der Waals surface area contributed by atoms with Crippen LogP contribution in [0.2, 0.25) is 0 Å². The monoisotopic (exact) mass is 657 g/mol. The molecule has 47 heavy (non-hydrogen) atoms. The minimum atomic E-state index is -4.34. The Morgan fingerprint density at radius 2 is 1.70 bits per heavy atom. The number of anilines is 1. The third-order valence-corrected chi connectivity index (χ3v) is 11.1. The largest absolute Gasteiger partial charge is 0.478 e. The molecule has 3 aliphatic rings. The minimum absolute atomic E-state index is 0.0673. The number of rotatable bonds is 4. The second-order valence-corrected chi connectivity index (χ2v) is 17.1. The molecule has 1 atom stereocenters. The summed E-state index contributed by atoms with van der Waals surface area (Å²) < 4.78 is 43.2. The molecule has 0 spiro atoms. The number of nitrogens with zero attached hydrogens (tertiary/aromatic N) is 2. The van der Waals surface area contributed by atoms with Gasteiger partial charge in [-0.3, -0.25) is 4.55 Å². The second kappa shape index (κ2) is 10.5. The van der Waals surface area contributed by atoms with Crippen LogP contribution in [0.3, 0.4) is 0 Å². The van der Waals surface area contributed by atoms with Gasteiger partial charge in [0.15, 0.2) is 5.54 Å². The highest BCUT2D eigenvalue weighted by atomic mass is 32.2. The number of hydrogen-bond donors (Lipinski definition) is 2. The lowest BCUT2D eigenvalue weighted by molar-refractivity contribution is 0.0696. The van der Waals surface area contributed by atoms with Crippen molar-refractivity contribution in [2.45, 2.75) is 84.2 Å². The first kappa shape index (κ1) is 33.0. The second-order valence-electron chi connectivity index (χ2n) is 15.7. The molecule has 3 aliphatic heterocycles. The number of benzene rings is 3. The number of likely N-dealkylation sites (N-methyl/N-ethyl adjacent to an activating group) is 1. The van der Waals surface area contributed by atoms with Gasteiger partial charge in [0, 0.05) is 54.5 Å². The third kappa shape index (κ3) is 5.57. The zero-order valence-electron chi connectivity index (χ0n) is 28.9. The number of carbonyl (C=O) groups is 1. The highest BCUT2D eigenvalue weighted by Crippen LogP contribution is 2.48. The standard InChI is InChI=1S/C38H44N2O6S/c1-21-18-37(5,6)39(9)30-16-32-28(14-25(21)30)34(24-12-11-23(36(2,3)4)13-27(24)35(41)42)29-15-26-22(20-47(43,44)45)19-38(7,8)40(10)31(26)17-33(29)46-32/h11-17,19,21H,18,20H2,1-10H3,(H-,41,42,43,44,45)/p+1. The lowest BCUT2D eigenvalue weighted by Crippen LogP contribution is -2.47. The summed E-state index contributed by atoms with van der Waals surface area (Å²) in [5.74, 6) is -0.159. The first-order valence-corrected chi connectivity index (χ1v) is 17.6. The van der Waals surface area contributed by atoms with Crippen molar-refractivity contribution in [2.75, 3.05) is 24.7 Å². The maximum absolute atomic E-state index is 13.0. The van der Waals surface area contributed by atoms with Crippen LogP contribution in [0.1, 0.15) is 106 Å². The smallest absolute Gasteiger partial charge is 0.336 e. The van der Waals surface area contributed by atoms with Crippen LogP contribution < -0.4 is 24.8 Å². The molecular weight excluding hydrogens is 612 g/mol. The molecule has 2 N–H and O–H groups in total. The topological polar surface area (TPSA) is 107 Å². The van der Waals surface area contributed by atoms with Gasteiger partial charge in [0.2, 0.25) is 5.36 Å². The van der Waals surface area contributed by atoms with Crippen LogP contribution in [0.5, 0.6) is 11.5 Å². The fourth-order valence-corrected chi connectivity index (χ4v) is 8.08. The molecule has 0 bridgehead atoms. The highest BCUT2D eigenvalue weighted by molar-refractivity contribution is 7.86. The van der Waals surface area contributed by atoms with E-state index in [1.54, 1.807) is 6.07 Å². The summed E-state index contributed by atoms with van der Waals surface area (Å²) in [6.07, 6.45) is 2.81. The minimum Gasteiger partial charge on any atom is -0.478 e. The predicted octanol–water partition coefficient (Wildman–Crippen LogP) is 5.94. The maximum Gasteiger partial charge on any atom is 0.336 e. The van der Waals surface area contributed by atoms with Crippen LogP contribution in [0, 0.1) is 0 Å². The van der Waals surface area contributed by atoms with Crippen molar-refractivity contribution in [3.63, 3.8) is 0 Å². The lowest BCUT2D eigenvalue weighted by Gasteiger charge is -2.46. The van der Waals surface area contributed by atoms with Gasteiger partial charge in [-0.15, -0.1) is 0 Å². The summed E-state index contributed by atoms with van der Waals surface area (Å²) in [5.41, 5.74) is 5.60. The number of aromatic carboxylic acids is 1. The van der Waals surface area contributed by atoms with E-state index in [1.807, 2.05) is 51.2 Å². The van der Waals surface area contributed by atoms with Crippen molar-refractivity contribution in [2.24, 2.45) is 0 Å². The van der Waals surface area contributed by atoms with E-state index in [0.717, 1.165) is 34.2 Å². The zero-order valence-corrected chi connectivity index (χ0v) is 29.8. The molecule has 0 radical (unpaired) electrons. The fourth-order valence-electron chi connectivity index (χ4n) is 7.44. The van der Waals surface area contributed by atoms with Gasteiger partial charge in [-0.2, -0.15) is 8.42 Å². The summed E-state index contributed by atoms with van der Waals surface area (Å²) in [6.45, 7) is 16.8. The molecule has 0 fully saturated rings. The van der Waals surface area contributed by atoms with Gasteiger partial charge in [0.05, 0.1) is 17.2 Å². The first-order valence-electron chi connectivity index (χ1n) is 16.0. The Balaban J connectivity index is 1.77. The predicted molar refractivity (Wildman–Crippen MR) is 187 cm³/mol. The Morgan fingerprint density at radius 3 is 2.32 bits per heavy atom. The van der Waals surface area contributed by atoms with Gasteiger partial charge in [0.1, 0.15) is 24.3 Å². The summed E-state index contributed by atoms with van der Waals surface area (Å²) in [5, 5.41) is 12.0. The number of carboxylic acids is 1. The van der Waals surface area contributed by atoms with E-state index in [-0.39, 0.29) is 22.4 Å².